The van der Waals surface area contributed by atoms with E-state index in [1.54, 1.807) is 31.2 Å². The Kier molecular flexibility index (Phi) is 7.22. The highest BCUT2D eigenvalue weighted by Crippen LogP contribution is 2.27. The van der Waals surface area contributed by atoms with Crippen molar-refractivity contribution in [2.45, 2.75) is 31.2 Å². The molecule has 0 aliphatic rings. The lowest BCUT2D eigenvalue weighted by atomic mass is 10.1. The van der Waals surface area contributed by atoms with E-state index in [1.165, 1.54) is 32.4 Å². The Labute approximate surface area is 170 Å². The Balaban J connectivity index is 2.28. The number of carbonyl (C=O) groups excluding carboxylic acids is 2. The molecule has 0 aliphatic carbocycles. The molecular formula is C20H24N2O6S. The van der Waals surface area contributed by atoms with Crippen molar-refractivity contribution >= 4 is 27.6 Å². The summed E-state index contributed by atoms with van der Waals surface area (Å²) in [5.41, 5.74) is 1.50. The van der Waals surface area contributed by atoms with Crippen LogP contribution in [-0.2, 0) is 19.6 Å². The molecular weight excluding hydrogens is 396 g/mol. The first-order chi connectivity index (χ1) is 13.7. The fourth-order valence-corrected chi connectivity index (χ4v) is 3.81. The number of sulfonamides is 1. The van der Waals surface area contributed by atoms with Gasteiger partial charge in [0.1, 0.15) is 10.6 Å². The van der Waals surface area contributed by atoms with Gasteiger partial charge in [-0.15, -0.1) is 0 Å². The van der Waals surface area contributed by atoms with Crippen molar-refractivity contribution in [2.75, 3.05) is 18.9 Å². The highest BCUT2D eigenvalue weighted by molar-refractivity contribution is 7.92. The van der Waals surface area contributed by atoms with Gasteiger partial charge in [-0.1, -0.05) is 17.7 Å². The minimum atomic E-state index is -4.01. The third-order valence-electron chi connectivity index (χ3n) is 4.10. The zero-order valence-electron chi connectivity index (χ0n) is 16.7. The van der Waals surface area contributed by atoms with E-state index in [4.69, 9.17) is 4.74 Å². The fraction of sp³-hybridized carbons (Fsp3) is 0.300. The van der Waals surface area contributed by atoms with Crippen molar-refractivity contribution in [1.82, 2.24) is 5.32 Å². The number of nitrogens with one attached hydrogen (secondary N) is 2. The largest absolute Gasteiger partial charge is 0.495 e. The van der Waals surface area contributed by atoms with E-state index in [9.17, 15) is 18.0 Å². The van der Waals surface area contributed by atoms with Crippen molar-refractivity contribution in [3.63, 3.8) is 0 Å². The molecule has 0 fully saturated rings. The molecule has 0 saturated carbocycles. The molecule has 2 aromatic rings. The summed E-state index contributed by atoms with van der Waals surface area (Å²) in [5.74, 6) is -0.877. The Morgan fingerprint density at radius 2 is 1.72 bits per heavy atom. The smallest absolute Gasteiger partial charge is 0.307 e. The molecule has 156 valence electrons. The zero-order chi connectivity index (χ0) is 21.6. The van der Waals surface area contributed by atoms with E-state index in [0.717, 1.165) is 5.56 Å². The molecule has 29 heavy (non-hydrogen) atoms. The third kappa shape index (κ3) is 5.95. The standard InChI is InChI=1S/C20H24N2O6S/c1-13-5-8-16(9-6-13)22-29(25,26)18-12-15(7-10-17(18)27-3)20(24)21-14(2)11-19(23)28-4/h5-10,12,14,22H,11H2,1-4H3,(H,21,24). The van der Waals surface area contributed by atoms with Crippen molar-refractivity contribution in [3.05, 3.63) is 53.6 Å². The van der Waals surface area contributed by atoms with Crippen LogP contribution >= 0.6 is 0 Å². The second-order valence-electron chi connectivity index (χ2n) is 6.49. The summed E-state index contributed by atoms with van der Waals surface area (Å²) in [6, 6.07) is 10.4. The van der Waals surface area contributed by atoms with Gasteiger partial charge >= 0.3 is 5.97 Å². The minimum absolute atomic E-state index is 0.00146. The molecule has 2 N–H and O–H groups in total. The molecule has 0 aromatic heterocycles. The number of methoxy groups -OCH3 is 2. The number of rotatable bonds is 8. The molecule has 9 heteroatoms. The number of hydrogen-bond acceptors (Lipinski definition) is 6. The van der Waals surface area contributed by atoms with Gasteiger partial charge < -0.3 is 14.8 Å². The van der Waals surface area contributed by atoms with Crippen LogP contribution in [0.15, 0.2) is 47.4 Å². The van der Waals surface area contributed by atoms with Crippen molar-refractivity contribution in [3.8, 4) is 5.75 Å². The summed E-state index contributed by atoms with van der Waals surface area (Å²) < 4.78 is 37.9. The van der Waals surface area contributed by atoms with Crippen LogP contribution in [-0.4, -0.2) is 40.6 Å². The second-order valence-corrected chi connectivity index (χ2v) is 8.14. The molecule has 0 bridgehead atoms. The van der Waals surface area contributed by atoms with E-state index in [1.807, 2.05) is 6.92 Å². The monoisotopic (exact) mass is 420 g/mol. The average molecular weight is 420 g/mol. The number of benzene rings is 2. The van der Waals surface area contributed by atoms with Gasteiger partial charge in [-0.05, 0) is 44.2 Å². The molecule has 0 aliphatic heterocycles. The number of aryl methyl sites for hydroxylation is 1. The summed E-state index contributed by atoms with van der Waals surface area (Å²) in [4.78, 5) is 23.6. The summed E-state index contributed by atoms with van der Waals surface area (Å²) in [6.07, 6.45) is -0.00146. The maximum Gasteiger partial charge on any atom is 0.307 e. The Hall–Kier alpha value is -3.07. The van der Waals surface area contributed by atoms with Crippen molar-refractivity contribution in [1.29, 1.82) is 0 Å². The maximum atomic E-state index is 12.9. The molecule has 8 nitrogen and oxygen atoms in total. The van der Waals surface area contributed by atoms with Gasteiger partial charge in [-0.3, -0.25) is 14.3 Å². The number of anilines is 1. The number of amides is 1. The highest BCUT2D eigenvalue weighted by atomic mass is 32.2. The van der Waals surface area contributed by atoms with Crippen LogP contribution in [0.5, 0.6) is 5.75 Å². The molecule has 1 atom stereocenters. The Morgan fingerprint density at radius 3 is 2.31 bits per heavy atom. The van der Waals surface area contributed by atoms with Crippen LogP contribution in [0.4, 0.5) is 5.69 Å². The number of hydrogen-bond donors (Lipinski definition) is 2. The highest BCUT2D eigenvalue weighted by Gasteiger charge is 2.23. The first-order valence-corrected chi connectivity index (χ1v) is 10.3. The minimum Gasteiger partial charge on any atom is -0.495 e. The SMILES string of the molecule is COC(=O)CC(C)NC(=O)c1ccc(OC)c(S(=O)(=O)Nc2ccc(C)cc2)c1. The van der Waals surface area contributed by atoms with Gasteiger partial charge in [0.15, 0.2) is 0 Å². The average Bonchev–Trinajstić information content (AvgIpc) is 2.68. The predicted molar refractivity (Wildman–Crippen MR) is 109 cm³/mol. The van der Waals surface area contributed by atoms with Crippen molar-refractivity contribution in [2.24, 2.45) is 0 Å². The lowest BCUT2D eigenvalue weighted by Crippen LogP contribution is -2.34. The fourth-order valence-electron chi connectivity index (χ4n) is 2.55. The molecule has 0 saturated heterocycles. The summed E-state index contributed by atoms with van der Waals surface area (Å²) in [7, 11) is -1.40. The van der Waals surface area contributed by atoms with Crippen LogP contribution in [0.2, 0.25) is 0 Å². The Bertz CT molecular complexity index is 987. The van der Waals surface area contributed by atoms with E-state index in [-0.39, 0.29) is 22.6 Å². The molecule has 0 spiro atoms. The van der Waals surface area contributed by atoms with E-state index >= 15 is 0 Å². The topological polar surface area (TPSA) is 111 Å². The van der Waals surface area contributed by atoms with E-state index in [2.05, 4.69) is 14.8 Å². The number of carbonyl (C=O) groups is 2. The van der Waals surface area contributed by atoms with E-state index < -0.39 is 27.9 Å². The quantitative estimate of drug-likeness (QED) is 0.635. The zero-order valence-corrected chi connectivity index (χ0v) is 17.5. The van der Waals surface area contributed by atoms with Crippen LogP contribution in [0.1, 0.15) is 29.3 Å². The normalized spacial score (nSPS) is 12.0. The van der Waals surface area contributed by atoms with Crippen LogP contribution in [0, 0.1) is 6.92 Å². The van der Waals surface area contributed by atoms with Crippen LogP contribution in [0.3, 0.4) is 0 Å². The summed E-state index contributed by atoms with van der Waals surface area (Å²) >= 11 is 0. The van der Waals surface area contributed by atoms with Crippen molar-refractivity contribution < 1.29 is 27.5 Å². The maximum absolute atomic E-state index is 12.9. The van der Waals surface area contributed by atoms with E-state index in [0.29, 0.717) is 5.69 Å². The third-order valence-corrected chi connectivity index (χ3v) is 5.50. The molecule has 1 unspecified atom stereocenters. The molecule has 0 radical (unpaired) electrons. The number of ether oxygens (including phenoxy) is 2. The summed E-state index contributed by atoms with van der Waals surface area (Å²) in [5, 5.41) is 2.64. The molecule has 2 rings (SSSR count). The van der Waals surface area contributed by atoms with Crippen LogP contribution in [0.25, 0.3) is 0 Å². The Morgan fingerprint density at radius 1 is 1.07 bits per heavy atom. The number of esters is 1. The first-order valence-electron chi connectivity index (χ1n) is 8.81. The van der Waals surface area contributed by atoms with Gasteiger partial charge in [0.2, 0.25) is 0 Å². The van der Waals surface area contributed by atoms with Gasteiger partial charge in [0, 0.05) is 17.3 Å². The molecule has 0 heterocycles. The van der Waals surface area contributed by atoms with Gasteiger partial charge in [-0.25, -0.2) is 8.42 Å². The van der Waals surface area contributed by atoms with Gasteiger partial charge in [-0.2, -0.15) is 0 Å². The lowest BCUT2D eigenvalue weighted by molar-refractivity contribution is -0.141. The lowest BCUT2D eigenvalue weighted by Gasteiger charge is -2.15. The second kappa shape index (κ2) is 9.42. The first kappa shape index (κ1) is 22.2. The van der Waals surface area contributed by atoms with Gasteiger partial charge in [0.25, 0.3) is 15.9 Å². The van der Waals surface area contributed by atoms with Gasteiger partial charge in [0.05, 0.1) is 20.6 Å². The van der Waals surface area contributed by atoms with Crippen LogP contribution < -0.4 is 14.8 Å². The predicted octanol–water partition coefficient (Wildman–Crippen LogP) is 2.49. The summed E-state index contributed by atoms with van der Waals surface area (Å²) in [6.45, 7) is 3.54. The molecule has 2 aromatic carbocycles. The molecule has 1 amide bonds.